The van der Waals surface area contributed by atoms with E-state index in [1.165, 1.54) is 11.3 Å². The van der Waals surface area contributed by atoms with Gasteiger partial charge in [0, 0.05) is 5.38 Å². The predicted octanol–water partition coefficient (Wildman–Crippen LogP) is 2.18. The molecule has 0 aliphatic heterocycles. The third kappa shape index (κ3) is 3.30. The Hall–Kier alpha value is -1.92. The predicted molar refractivity (Wildman–Crippen MR) is 73.2 cm³/mol. The molecule has 0 saturated carbocycles. The molecule has 19 heavy (non-hydrogen) atoms. The van der Waals surface area contributed by atoms with E-state index in [0.717, 1.165) is 5.01 Å². The normalized spacial score (nSPS) is 10.0. The molecule has 5 nitrogen and oxygen atoms in total. The molecule has 0 aliphatic carbocycles. The van der Waals surface area contributed by atoms with Crippen molar-refractivity contribution >= 4 is 34.8 Å². The molecule has 2 amide bonds. The molecule has 0 spiro atoms. The number of aromatic nitrogens is 1. The van der Waals surface area contributed by atoms with Crippen LogP contribution in [-0.4, -0.2) is 16.8 Å². The lowest BCUT2D eigenvalue weighted by Gasteiger charge is -2.06. The summed E-state index contributed by atoms with van der Waals surface area (Å²) >= 11 is 7.23. The molecular formula is C12H10ClN3O2S. The van der Waals surface area contributed by atoms with Crippen molar-refractivity contribution in [3.8, 4) is 0 Å². The van der Waals surface area contributed by atoms with Gasteiger partial charge in [0.2, 0.25) is 0 Å². The van der Waals surface area contributed by atoms with Gasteiger partial charge < -0.3 is 0 Å². The minimum Gasteiger partial charge on any atom is -0.267 e. The maximum atomic E-state index is 11.8. The number of carbonyl (C=O) groups is 2. The van der Waals surface area contributed by atoms with Gasteiger partial charge in [-0.25, -0.2) is 4.98 Å². The standard InChI is InChI=1S/C12H10ClN3O2S/c1-7-14-10(6-19-7)12(18)16-15-11(17)8-4-2-3-5-9(8)13/h2-6H,1H3,(H,15,17)(H,16,18). The zero-order chi connectivity index (χ0) is 13.8. The molecule has 1 heterocycles. The molecule has 0 atom stereocenters. The van der Waals surface area contributed by atoms with E-state index in [9.17, 15) is 9.59 Å². The van der Waals surface area contributed by atoms with Gasteiger partial charge in [0.15, 0.2) is 0 Å². The first-order valence-electron chi connectivity index (χ1n) is 5.35. The number of hydrazine groups is 1. The number of nitrogens with one attached hydrogen (secondary N) is 2. The lowest BCUT2D eigenvalue weighted by atomic mass is 10.2. The largest absolute Gasteiger partial charge is 0.289 e. The summed E-state index contributed by atoms with van der Waals surface area (Å²) in [7, 11) is 0. The average molecular weight is 296 g/mol. The number of nitrogens with zero attached hydrogens (tertiary/aromatic N) is 1. The van der Waals surface area contributed by atoms with Crippen molar-refractivity contribution in [1.82, 2.24) is 15.8 Å². The highest BCUT2D eigenvalue weighted by molar-refractivity contribution is 7.09. The van der Waals surface area contributed by atoms with Crippen LogP contribution in [-0.2, 0) is 0 Å². The Kier molecular flexibility index (Phi) is 4.13. The third-order valence-electron chi connectivity index (χ3n) is 2.26. The smallest absolute Gasteiger partial charge is 0.267 e. The Morgan fingerprint density at radius 1 is 1.21 bits per heavy atom. The molecule has 2 aromatic rings. The number of thiazole rings is 1. The van der Waals surface area contributed by atoms with Crippen LogP contribution in [0, 0.1) is 6.92 Å². The van der Waals surface area contributed by atoms with Gasteiger partial charge in [-0.3, -0.25) is 20.4 Å². The van der Waals surface area contributed by atoms with Gasteiger partial charge in [-0.1, -0.05) is 23.7 Å². The summed E-state index contributed by atoms with van der Waals surface area (Å²) in [6, 6.07) is 6.57. The van der Waals surface area contributed by atoms with E-state index in [1.54, 1.807) is 36.6 Å². The monoisotopic (exact) mass is 295 g/mol. The van der Waals surface area contributed by atoms with E-state index in [2.05, 4.69) is 15.8 Å². The summed E-state index contributed by atoms with van der Waals surface area (Å²) in [4.78, 5) is 27.5. The van der Waals surface area contributed by atoms with E-state index >= 15 is 0 Å². The fourth-order valence-corrected chi connectivity index (χ4v) is 2.17. The second-order valence-electron chi connectivity index (χ2n) is 3.64. The number of hydrogen-bond acceptors (Lipinski definition) is 4. The van der Waals surface area contributed by atoms with Crippen molar-refractivity contribution < 1.29 is 9.59 Å². The first-order valence-corrected chi connectivity index (χ1v) is 6.61. The van der Waals surface area contributed by atoms with Crippen molar-refractivity contribution in [2.24, 2.45) is 0 Å². The number of hydrogen-bond donors (Lipinski definition) is 2. The van der Waals surface area contributed by atoms with Crippen molar-refractivity contribution in [2.45, 2.75) is 6.92 Å². The Labute approximate surface area is 118 Å². The molecule has 0 saturated heterocycles. The van der Waals surface area contributed by atoms with E-state index < -0.39 is 11.8 Å². The maximum Gasteiger partial charge on any atom is 0.289 e. The minimum atomic E-state index is -0.481. The molecule has 1 aromatic carbocycles. The molecule has 0 unspecified atom stereocenters. The van der Waals surface area contributed by atoms with Crippen LogP contribution in [0.2, 0.25) is 5.02 Å². The van der Waals surface area contributed by atoms with Crippen LogP contribution in [0.3, 0.4) is 0 Å². The number of amides is 2. The summed E-state index contributed by atoms with van der Waals surface area (Å²) < 4.78 is 0. The van der Waals surface area contributed by atoms with E-state index in [4.69, 9.17) is 11.6 Å². The minimum absolute atomic E-state index is 0.266. The Balaban J connectivity index is 1.98. The highest BCUT2D eigenvalue weighted by Gasteiger charge is 2.13. The quantitative estimate of drug-likeness (QED) is 0.834. The molecule has 2 rings (SSSR count). The summed E-state index contributed by atoms with van der Waals surface area (Å²) in [5.41, 5.74) is 5.13. The van der Waals surface area contributed by atoms with E-state index in [-0.39, 0.29) is 5.69 Å². The van der Waals surface area contributed by atoms with Crippen LogP contribution in [0.5, 0.6) is 0 Å². The van der Waals surface area contributed by atoms with Gasteiger partial charge in [-0.05, 0) is 19.1 Å². The molecule has 7 heteroatoms. The maximum absolute atomic E-state index is 11.8. The number of rotatable bonds is 2. The van der Waals surface area contributed by atoms with Gasteiger partial charge in [0.1, 0.15) is 5.69 Å². The van der Waals surface area contributed by atoms with Crippen LogP contribution >= 0.6 is 22.9 Å². The highest BCUT2D eigenvalue weighted by atomic mass is 35.5. The molecule has 0 bridgehead atoms. The zero-order valence-corrected chi connectivity index (χ0v) is 11.5. The fraction of sp³-hybridized carbons (Fsp3) is 0.0833. The number of carbonyl (C=O) groups excluding carboxylic acids is 2. The lowest BCUT2D eigenvalue weighted by Crippen LogP contribution is -2.41. The van der Waals surface area contributed by atoms with Crippen molar-refractivity contribution in [2.75, 3.05) is 0 Å². The first kappa shape index (κ1) is 13.5. The molecule has 0 fully saturated rings. The summed E-state index contributed by atoms with van der Waals surface area (Å²) in [5, 5.41) is 2.72. The number of aryl methyl sites for hydroxylation is 1. The fourth-order valence-electron chi connectivity index (χ4n) is 1.36. The Bertz CT molecular complexity index is 627. The molecule has 0 aliphatic rings. The van der Waals surface area contributed by atoms with Crippen molar-refractivity contribution in [3.63, 3.8) is 0 Å². The molecule has 98 valence electrons. The number of halogens is 1. The second kappa shape index (κ2) is 5.81. The van der Waals surface area contributed by atoms with Crippen LogP contribution < -0.4 is 10.9 Å². The Morgan fingerprint density at radius 2 is 1.89 bits per heavy atom. The Morgan fingerprint density at radius 3 is 2.53 bits per heavy atom. The van der Waals surface area contributed by atoms with Crippen LogP contribution in [0.4, 0.5) is 0 Å². The molecule has 1 aromatic heterocycles. The lowest BCUT2D eigenvalue weighted by molar-refractivity contribution is 0.0844. The van der Waals surface area contributed by atoms with Gasteiger partial charge >= 0.3 is 0 Å². The van der Waals surface area contributed by atoms with Gasteiger partial charge in [0.05, 0.1) is 15.6 Å². The van der Waals surface area contributed by atoms with E-state index in [1.807, 2.05) is 0 Å². The van der Waals surface area contributed by atoms with Gasteiger partial charge in [0.25, 0.3) is 11.8 Å². The van der Waals surface area contributed by atoms with Gasteiger partial charge in [-0.2, -0.15) is 0 Å². The third-order valence-corrected chi connectivity index (χ3v) is 3.36. The van der Waals surface area contributed by atoms with Crippen molar-refractivity contribution in [1.29, 1.82) is 0 Å². The summed E-state index contributed by atoms with van der Waals surface area (Å²) in [6.07, 6.45) is 0. The number of benzene rings is 1. The second-order valence-corrected chi connectivity index (χ2v) is 5.11. The zero-order valence-electron chi connectivity index (χ0n) is 9.94. The van der Waals surface area contributed by atoms with Gasteiger partial charge in [-0.15, -0.1) is 11.3 Å². The van der Waals surface area contributed by atoms with Crippen LogP contribution in [0.1, 0.15) is 25.9 Å². The summed E-state index contributed by atoms with van der Waals surface area (Å²) in [5.74, 6) is -0.948. The average Bonchev–Trinajstić information content (AvgIpc) is 2.83. The highest BCUT2D eigenvalue weighted by Crippen LogP contribution is 2.14. The van der Waals surface area contributed by atoms with Crippen LogP contribution in [0.25, 0.3) is 0 Å². The molecule has 2 N–H and O–H groups in total. The molecular weight excluding hydrogens is 286 g/mol. The summed E-state index contributed by atoms with van der Waals surface area (Å²) in [6.45, 7) is 1.80. The molecule has 0 radical (unpaired) electrons. The SMILES string of the molecule is Cc1nc(C(=O)NNC(=O)c2ccccc2Cl)cs1. The van der Waals surface area contributed by atoms with Crippen molar-refractivity contribution in [3.05, 3.63) is 50.9 Å². The topological polar surface area (TPSA) is 71.1 Å². The van der Waals surface area contributed by atoms with Crippen LogP contribution in [0.15, 0.2) is 29.6 Å². The first-order chi connectivity index (χ1) is 9.08. The van der Waals surface area contributed by atoms with E-state index in [0.29, 0.717) is 10.6 Å².